The van der Waals surface area contributed by atoms with Crippen LogP contribution in [0.2, 0.25) is 0 Å². The smallest absolute Gasteiger partial charge is 0.309 e. The minimum absolute atomic E-state index is 0.553. The summed E-state index contributed by atoms with van der Waals surface area (Å²) in [5, 5.41) is 3.21. The monoisotopic (exact) mass is 322 g/mol. The van der Waals surface area contributed by atoms with Crippen LogP contribution in [0.1, 0.15) is 0 Å². The second-order valence-electron chi connectivity index (χ2n) is 5.86. The zero-order chi connectivity index (χ0) is 15.5. The lowest BCUT2D eigenvalue weighted by Gasteiger charge is -2.22. The zero-order valence-corrected chi connectivity index (χ0v) is 13.8. The lowest BCUT2D eigenvalue weighted by molar-refractivity contribution is 0.524. The largest absolute Gasteiger partial charge is 0.347 e. The average molecular weight is 322 g/mol. The molecule has 0 spiro atoms. The Hall–Kier alpha value is -1.70. The SMILES string of the molecule is CN(C)c1nc(NP(=O)(N2CC2)N2CC2)c2c(ncn2C)n1. The lowest BCUT2D eigenvalue weighted by atomic mass is 10.5. The van der Waals surface area contributed by atoms with Crippen LogP contribution in [0.25, 0.3) is 11.2 Å². The second kappa shape index (κ2) is 4.65. The molecule has 9 nitrogen and oxygen atoms in total. The van der Waals surface area contributed by atoms with Crippen LogP contribution in [0.5, 0.6) is 0 Å². The van der Waals surface area contributed by atoms with Crippen LogP contribution >= 0.6 is 7.59 Å². The standard InChI is InChI=1S/C12H19N8OP/c1-17(2)12-14-10-9(18(3)8-13-10)11(15-12)16-22(21,19-4-5-19)20-6-7-20/h8H,4-7H2,1-3H3,(H,14,15,16,21). The molecule has 10 heteroatoms. The van der Waals surface area contributed by atoms with Gasteiger partial charge in [0, 0.05) is 47.3 Å². The highest BCUT2D eigenvalue weighted by molar-refractivity contribution is 7.61. The summed E-state index contributed by atoms with van der Waals surface area (Å²) in [4.78, 5) is 15.1. The lowest BCUT2D eigenvalue weighted by Crippen LogP contribution is -2.17. The number of hydrogen-bond donors (Lipinski definition) is 1. The molecular formula is C12H19N8OP. The molecule has 0 unspecified atom stereocenters. The van der Waals surface area contributed by atoms with Crippen molar-refractivity contribution in [3.63, 3.8) is 0 Å². The van der Waals surface area contributed by atoms with E-state index in [1.165, 1.54) is 0 Å². The Bertz CT molecular complexity index is 763. The fraction of sp³-hybridized carbons (Fsp3) is 0.583. The average Bonchev–Trinajstić information content (AvgIpc) is 3.36. The van der Waals surface area contributed by atoms with Gasteiger partial charge in [-0.1, -0.05) is 0 Å². The van der Waals surface area contributed by atoms with E-state index in [-0.39, 0.29) is 0 Å². The molecular weight excluding hydrogens is 303 g/mol. The van der Waals surface area contributed by atoms with E-state index in [9.17, 15) is 4.57 Å². The summed E-state index contributed by atoms with van der Waals surface area (Å²) >= 11 is 0. The molecule has 118 valence electrons. The molecule has 0 saturated carbocycles. The first-order valence-electron chi connectivity index (χ1n) is 7.24. The van der Waals surface area contributed by atoms with Gasteiger partial charge in [-0.3, -0.25) is 9.65 Å². The van der Waals surface area contributed by atoms with E-state index < -0.39 is 7.59 Å². The van der Waals surface area contributed by atoms with Crippen molar-refractivity contribution in [3.05, 3.63) is 6.33 Å². The third kappa shape index (κ3) is 2.16. The molecule has 0 aliphatic carbocycles. The summed E-state index contributed by atoms with van der Waals surface area (Å²) in [7, 11) is 2.90. The van der Waals surface area contributed by atoms with Gasteiger partial charge in [0.2, 0.25) is 5.95 Å². The van der Waals surface area contributed by atoms with E-state index in [0.29, 0.717) is 17.4 Å². The van der Waals surface area contributed by atoms with Crippen molar-refractivity contribution in [1.29, 1.82) is 0 Å². The van der Waals surface area contributed by atoms with Crippen LogP contribution in [-0.2, 0) is 11.6 Å². The molecule has 4 heterocycles. The van der Waals surface area contributed by atoms with Crippen molar-refractivity contribution < 1.29 is 4.57 Å². The first kappa shape index (κ1) is 13.9. The maximum absolute atomic E-state index is 13.3. The highest BCUT2D eigenvalue weighted by Crippen LogP contribution is 2.59. The summed E-state index contributed by atoms with van der Waals surface area (Å²) in [5.74, 6) is 1.13. The minimum atomic E-state index is -2.75. The van der Waals surface area contributed by atoms with Crippen LogP contribution in [-0.4, -0.2) is 69.1 Å². The summed E-state index contributed by atoms with van der Waals surface area (Å²) in [6.45, 7) is 3.45. The molecule has 0 radical (unpaired) electrons. The van der Waals surface area contributed by atoms with Crippen LogP contribution in [0.4, 0.5) is 11.8 Å². The molecule has 0 bridgehead atoms. The van der Waals surface area contributed by atoms with Gasteiger partial charge in [0.05, 0.1) is 6.33 Å². The Morgan fingerprint density at radius 1 is 1.18 bits per heavy atom. The van der Waals surface area contributed by atoms with Crippen molar-refractivity contribution in [1.82, 2.24) is 28.9 Å². The molecule has 0 aromatic carbocycles. The molecule has 0 amide bonds. The van der Waals surface area contributed by atoms with Gasteiger partial charge in [-0.15, -0.1) is 0 Å². The second-order valence-corrected chi connectivity index (χ2v) is 8.30. The summed E-state index contributed by atoms with van der Waals surface area (Å²) in [6, 6.07) is 0. The molecule has 2 fully saturated rings. The number of hydrogen-bond acceptors (Lipinski definition) is 5. The molecule has 2 aromatic rings. The number of fused-ring (bicyclic) bond motifs is 1. The zero-order valence-electron chi connectivity index (χ0n) is 12.9. The van der Waals surface area contributed by atoms with Gasteiger partial charge in [0.1, 0.15) is 5.52 Å². The third-order valence-electron chi connectivity index (χ3n) is 3.83. The number of nitrogens with zero attached hydrogens (tertiary/aromatic N) is 7. The number of imidazole rings is 1. The maximum Gasteiger partial charge on any atom is 0.309 e. The van der Waals surface area contributed by atoms with Crippen LogP contribution in [0.3, 0.4) is 0 Å². The Morgan fingerprint density at radius 3 is 2.36 bits per heavy atom. The summed E-state index contributed by atoms with van der Waals surface area (Å²) < 4.78 is 19.1. The number of rotatable bonds is 5. The van der Waals surface area contributed by atoms with Gasteiger partial charge in [-0.2, -0.15) is 9.97 Å². The Labute approximate surface area is 128 Å². The van der Waals surface area contributed by atoms with Gasteiger partial charge in [-0.25, -0.2) is 14.3 Å². The molecule has 22 heavy (non-hydrogen) atoms. The Kier molecular flexibility index (Phi) is 2.94. The van der Waals surface area contributed by atoms with Crippen LogP contribution < -0.4 is 9.99 Å². The first-order valence-corrected chi connectivity index (χ1v) is 8.86. The Balaban J connectivity index is 1.82. The fourth-order valence-corrected chi connectivity index (χ4v) is 4.75. The maximum atomic E-state index is 13.3. The molecule has 4 rings (SSSR count). The Morgan fingerprint density at radius 2 is 1.82 bits per heavy atom. The third-order valence-corrected chi connectivity index (χ3v) is 6.66. The van der Waals surface area contributed by atoms with Crippen molar-refractivity contribution in [3.8, 4) is 0 Å². The predicted octanol–water partition coefficient (Wildman–Crippen LogP) is 0.580. The summed E-state index contributed by atoms with van der Waals surface area (Å²) in [5.41, 5.74) is 1.38. The van der Waals surface area contributed by atoms with Gasteiger partial charge in [-0.05, 0) is 0 Å². The molecule has 2 saturated heterocycles. The van der Waals surface area contributed by atoms with Crippen LogP contribution in [0.15, 0.2) is 6.33 Å². The van der Waals surface area contributed by atoms with E-state index >= 15 is 0 Å². The van der Waals surface area contributed by atoms with Gasteiger partial charge < -0.3 is 9.47 Å². The minimum Gasteiger partial charge on any atom is -0.347 e. The normalized spacial score (nSPS) is 18.7. The topological polar surface area (TPSA) is 82.0 Å². The number of aryl methyl sites for hydroxylation is 1. The van der Waals surface area contributed by atoms with Crippen LogP contribution in [0, 0.1) is 0 Å². The number of anilines is 2. The van der Waals surface area contributed by atoms with E-state index in [0.717, 1.165) is 31.7 Å². The van der Waals surface area contributed by atoms with E-state index in [2.05, 4.69) is 20.0 Å². The fourth-order valence-electron chi connectivity index (χ4n) is 2.41. The summed E-state index contributed by atoms with van der Waals surface area (Å²) in [6.07, 6.45) is 1.70. The first-order chi connectivity index (χ1) is 10.5. The molecule has 2 aliphatic rings. The molecule has 2 aromatic heterocycles. The highest BCUT2D eigenvalue weighted by Gasteiger charge is 2.48. The van der Waals surface area contributed by atoms with Gasteiger partial charge in [0.25, 0.3) is 0 Å². The van der Waals surface area contributed by atoms with Gasteiger partial charge in [0.15, 0.2) is 11.5 Å². The quantitative estimate of drug-likeness (QED) is 0.632. The van der Waals surface area contributed by atoms with E-state index in [1.807, 2.05) is 40.0 Å². The number of aromatic nitrogens is 4. The molecule has 1 N–H and O–H groups in total. The highest BCUT2D eigenvalue weighted by atomic mass is 31.2. The van der Waals surface area contributed by atoms with E-state index in [4.69, 9.17) is 0 Å². The predicted molar refractivity (Wildman–Crippen MR) is 85.0 cm³/mol. The number of nitrogens with one attached hydrogen (secondary N) is 1. The van der Waals surface area contributed by atoms with Crippen molar-refractivity contribution in [2.45, 2.75) is 0 Å². The molecule has 0 atom stereocenters. The molecule has 2 aliphatic heterocycles. The van der Waals surface area contributed by atoms with Crippen molar-refractivity contribution >= 4 is 30.5 Å². The van der Waals surface area contributed by atoms with Crippen molar-refractivity contribution in [2.24, 2.45) is 7.05 Å². The van der Waals surface area contributed by atoms with E-state index in [1.54, 1.807) is 6.33 Å². The van der Waals surface area contributed by atoms with Gasteiger partial charge >= 0.3 is 7.59 Å². The van der Waals surface area contributed by atoms with Crippen molar-refractivity contribution in [2.75, 3.05) is 50.3 Å².